The zero-order valence-electron chi connectivity index (χ0n) is 41.8. The lowest BCUT2D eigenvalue weighted by Crippen LogP contribution is -2.45. The maximum atomic E-state index is 13.9. The molecule has 43 heteroatoms. The SMILES string of the molecule is CCCO[C@@H]1[C@H](OP(=O)(O)OC[C@H]2O[C@@H](n3cnc4c(=O)[nH]c(N)nc43)[C@H](O)[C@@H]2O)[C@@H](COP(=O)(O)OP(=O)(O)OP(=O)(O)OC[C@H]2O[C@@H]([n+]3cn(C)c4c(=O)[nH]c(N)nc43)[C@H](O)[C@@H]2CCOC)O[C@H]1n1cnc2c(N)ncnc21. The molecule has 0 spiro atoms. The quantitative estimate of drug-likeness (QED) is 0.0218. The fraction of sp³-hybridized carbons (Fsp3) is 0.595. The number of ether oxygens (including phenoxy) is 5. The van der Waals surface area contributed by atoms with Gasteiger partial charge in [-0.2, -0.15) is 13.6 Å². The third-order valence-electron chi connectivity index (χ3n) is 12.6. The van der Waals surface area contributed by atoms with E-state index >= 15 is 0 Å². The number of nitrogens with zero attached hydrogens (tertiary/aromatic N) is 10. The van der Waals surface area contributed by atoms with Crippen molar-refractivity contribution in [1.82, 2.24) is 53.6 Å². The van der Waals surface area contributed by atoms with Crippen LogP contribution in [0.5, 0.6) is 0 Å². The second-order valence-corrected chi connectivity index (χ2v) is 24.1. The fourth-order valence-corrected chi connectivity index (χ4v) is 13.6. The Hall–Kier alpha value is -5.15. The van der Waals surface area contributed by atoms with Gasteiger partial charge < -0.3 is 75.8 Å². The Labute approximate surface area is 446 Å². The molecule has 80 heavy (non-hydrogen) atoms. The van der Waals surface area contributed by atoms with Gasteiger partial charge in [0, 0.05) is 26.2 Å². The molecule has 6 aromatic rings. The Morgan fingerprint density at radius 1 is 0.700 bits per heavy atom. The molecule has 15 N–H and O–H groups in total. The summed E-state index contributed by atoms with van der Waals surface area (Å²) in [5.74, 6) is -1.58. The molecule has 440 valence electrons. The summed E-state index contributed by atoms with van der Waals surface area (Å²) in [7, 11) is -20.5. The maximum Gasteiger partial charge on any atom is 0.490 e. The van der Waals surface area contributed by atoms with Crippen molar-refractivity contribution in [1.29, 1.82) is 0 Å². The minimum Gasteiger partial charge on any atom is -0.387 e. The van der Waals surface area contributed by atoms with E-state index in [0.29, 0.717) is 6.42 Å². The van der Waals surface area contributed by atoms with E-state index < -0.39 is 136 Å². The van der Waals surface area contributed by atoms with Crippen LogP contribution >= 0.6 is 31.3 Å². The lowest BCUT2D eigenvalue weighted by Gasteiger charge is -2.27. The molecular weight excluding hydrogens is 1160 g/mol. The number of rotatable bonds is 24. The number of phosphoric acid groups is 4. The largest absolute Gasteiger partial charge is 0.490 e. The van der Waals surface area contributed by atoms with E-state index in [1.54, 1.807) is 6.92 Å². The summed E-state index contributed by atoms with van der Waals surface area (Å²) in [6.45, 7) is -1.51. The minimum atomic E-state index is -6.19. The molecule has 9 heterocycles. The minimum absolute atomic E-state index is 0.00560. The fourth-order valence-electron chi connectivity index (χ4n) is 9.17. The topological polar surface area (TPSA) is 551 Å². The van der Waals surface area contributed by atoms with Gasteiger partial charge in [-0.25, -0.2) is 42.8 Å². The number of hydrogen-bond donors (Lipinski definition) is 12. The van der Waals surface area contributed by atoms with Crippen LogP contribution < -0.4 is 32.9 Å². The number of nitrogens with one attached hydrogen (secondary N) is 2. The number of imidazole rings is 3. The van der Waals surface area contributed by atoms with Crippen molar-refractivity contribution in [2.75, 3.05) is 57.3 Å². The van der Waals surface area contributed by atoms with Crippen molar-refractivity contribution in [3.8, 4) is 0 Å². The van der Waals surface area contributed by atoms with Crippen LogP contribution in [-0.4, -0.2) is 177 Å². The molecule has 3 saturated heterocycles. The highest BCUT2D eigenvalue weighted by Gasteiger charge is 2.54. The molecule has 0 aliphatic carbocycles. The van der Waals surface area contributed by atoms with Crippen LogP contribution in [0.1, 0.15) is 38.4 Å². The zero-order valence-corrected chi connectivity index (χ0v) is 45.3. The lowest BCUT2D eigenvalue weighted by atomic mass is 9.95. The van der Waals surface area contributed by atoms with Crippen LogP contribution in [0.3, 0.4) is 0 Å². The molecule has 0 aromatic carbocycles. The average Bonchev–Trinajstić information content (AvgIpc) is 4.23. The molecule has 16 atom stereocenters. The smallest absolute Gasteiger partial charge is 0.387 e. The van der Waals surface area contributed by atoms with E-state index in [1.807, 2.05) is 0 Å². The third-order valence-corrected chi connectivity index (χ3v) is 17.9. The molecule has 3 aliphatic heterocycles. The van der Waals surface area contributed by atoms with E-state index in [0.717, 1.165) is 17.2 Å². The van der Waals surface area contributed by atoms with Crippen molar-refractivity contribution < 1.29 is 108 Å². The van der Waals surface area contributed by atoms with E-state index in [1.165, 1.54) is 40.5 Å². The molecule has 9 rings (SSSR count). The van der Waals surface area contributed by atoms with Gasteiger partial charge in [-0.15, -0.1) is 0 Å². The van der Waals surface area contributed by atoms with Crippen LogP contribution in [0.4, 0.5) is 17.7 Å². The summed E-state index contributed by atoms with van der Waals surface area (Å²) in [5.41, 5.74) is 15.9. The average molecular weight is 1220 g/mol. The molecule has 3 fully saturated rings. The highest BCUT2D eigenvalue weighted by atomic mass is 31.3. The Kier molecular flexibility index (Phi) is 17.3. The number of nitrogens with two attached hydrogens (primary N) is 3. The van der Waals surface area contributed by atoms with Crippen LogP contribution in [0.25, 0.3) is 33.5 Å². The van der Waals surface area contributed by atoms with Crippen molar-refractivity contribution in [3.05, 3.63) is 46.0 Å². The number of phosphoric ester groups is 3. The number of aromatic amines is 2. The van der Waals surface area contributed by atoms with Crippen LogP contribution in [-0.2, 0) is 75.7 Å². The maximum absolute atomic E-state index is 13.9. The first-order valence-corrected chi connectivity index (χ1v) is 29.6. The highest BCUT2D eigenvalue weighted by molar-refractivity contribution is 7.66. The molecular formula is C37H54N15O24P4+. The number of nitrogen functional groups attached to an aromatic ring is 3. The van der Waals surface area contributed by atoms with Gasteiger partial charge in [-0.05, 0) is 12.8 Å². The Morgan fingerprint density at radius 2 is 1.31 bits per heavy atom. The van der Waals surface area contributed by atoms with E-state index in [-0.39, 0.29) is 70.8 Å². The predicted molar refractivity (Wildman–Crippen MR) is 262 cm³/mol. The van der Waals surface area contributed by atoms with Crippen LogP contribution in [0, 0.1) is 5.92 Å². The number of aliphatic hydroxyl groups is 3. The first kappa shape index (κ1) is 59.5. The monoisotopic (exact) mass is 1220 g/mol. The van der Waals surface area contributed by atoms with Crippen molar-refractivity contribution >= 4 is 82.5 Å². The number of H-pyrrole nitrogens is 2. The number of methoxy groups -OCH3 is 1. The number of aliphatic hydroxyl groups excluding tert-OH is 3. The van der Waals surface area contributed by atoms with Crippen molar-refractivity contribution in [3.63, 3.8) is 0 Å². The van der Waals surface area contributed by atoms with E-state index in [4.69, 9.17) is 59.0 Å². The Morgan fingerprint density at radius 3 is 2.00 bits per heavy atom. The number of aromatic nitrogens is 12. The molecule has 0 bridgehead atoms. The number of anilines is 3. The van der Waals surface area contributed by atoms with Gasteiger partial charge in [0.05, 0.1) is 45.6 Å². The van der Waals surface area contributed by atoms with Gasteiger partial charge in [-0.3, -0.25) is 51.4 Å². The summed E-state index contributed by atoms with van der Waals surface area (Å²) in [4.78, 5) is 97.1. The van der Waals surface area contributed by atoms with Gasteiger partial charge in [-0.1, -0.05) is 11.9 Å². The molecule has 6 aromatic heterocycles. The molecule has 0 saturated carbocycles. The molecule has 0 amide bonds. The third kappa shape index (κ3) is 12.4. The number of fused-ring (bicyclic) bond motifs is 3. The second-order valence-electron chi connectivity index (χ2n) is 18.1. The van der Waals surface area contributed by atoms with Gasteiger partial charge in [0.2, 0.25) is 17.7 Å². The first-order chi connectivity index (χ1) is 37.7. The second kappa shape index (κ2) is 23.2. The lowest BCUT2D eigenvalue weighted by molar-refractivity contribution is -0.745. The first-order valence-electron chi connectivity index (χ1n) is 23.6. The Balaban J connectivity index is 0.888. The number of aryl methyl sites for hydroxylation is 1. The summed E-state index contributed by atoms with van der Waals surface area (Å²) in [6.07, 6.45) is -12.3. The van der Waals surface area contributed by atoms with Gasteiger partial charge in [0.25, 0.3) is 17.1 Å². The normalized spacial score (nSPS) is 29.3. The van der Waals surface area contributed by atoms with E-state index in [2.05, 4.69) is 48.5 Å². The predicted octanol–water partition coefficient (Wildman–Crippen LogP) is -2.64. The zero-order chi connectivity index (χ0) is 57.8. The van der Waals surface area contributed by atoms with Gasteiger partial charge in [0.1, 0.15) is 54.6 Å². The molecule has 0 radical (unpaired) electrons. The van der Waals surface area contributed by atoms with Gasteiger partial charge in [0.15, 0.2) is 41.4 Å². The molecule has 39 nitrogen and oxygen atoms in total. The highest BCUT2D eigenvalue weighted by Crippen LogP contribution is 2.68. The van der Waals surface area contributed by atoms with Crippen LogP contribution in [0.2, 0.25) is 0 Å². The standard InChI is InChI=1S/C37H53N15O24P4/c1-4-6-67-26-25(74-77(58,59)68-9-17-23(54)24(55)34(72-17)51-13-44-20-29(51)45-36(39)47-31(20)56)18(73-35(26)50-12-43-19-27(38)41-11-42-28(19)50)10-70-79(62,63)76-80(64,65)75-78(60,61)69-8-16-15(5-7-66-3)22(53)33(71-16)52-14-49(2)21-30(52)46-37(40)48-32(21)57/h11-18,22-26,33-35,53-55H,4-10H2,1-3H3,(H11-,38,39,40,41,42,45,46,47,48,56,57,58,59,60,61,62,63,64,65)/p+1/t15-,16-,17-,18-,22-,23-,24-,25-,26-,33-,34-,35-/m1/s1. The van der Waals surface area contributed by atoms with Crippen molar-refractivity contribution in [2.45, 2.75) is 87.3 Å². The van der Waals surface area contributed by atoms with E-state index in [9.17, 15) is 62.7 Å². The van der Waals surface area contributed by atoms with Crippen LogP contribution in [0.15, 0.2) is 34.9 Å². The summed E-state index contributed by atoms with van der Waals surface area (Å²) in [5, 5.41) is 33.3. The Bertz CT molecular complexity index is 3570. The summed E-state index contributed by atoms with van der Waals surface area (Å²) < 4.78 is 117. The molecule has 3 aliphatic rings. The van der Waals surface area contributed by atoms with Gasteiger partial charge >= 0.3 is 36.9 Å². The summed E-state index contributed by atoms with van der Waals surface area (Å²) in [6, 6.07) is 0. The number of hydrogen-bond acceptors (Lipinski definition) is 29. The summed E-state index contributed by atoms with van der Waals surface area (Å²) >= 11 is 0. The van der Waals surface area contributed by atoms with Crippen molar-refractivity contribution in [2.24, 2.45) is 13.0 Å². The molecule has 4 unspecified atom stereocenters.